The maximum absolute atomic E-state index is 10.0. The Kier molecular flexibility index (Phi) is 4.04. The first-order valence-corrected chi connectivity index (χ1v) is 3.70. The monoisotopic (exact) mass is 156 g/mol. The molecule has 1 unspecified atom stereocenters. The molecule has 0 heterocycles. The number of methoxy groups -OCH3 is 1. The molecular weight excluding hydrogens is 140 g/mol. The molecule has 0 fully saturated rings. The molecule has 0 aromatic rings. The summed E-state index contributed by atoms with van der Waals surface area (Å²) in [6.45, 7) is 6.04. The molecule has 64 valence electrons. The van der Waals surface area contributed by atoms with Gasteiger partial charge in [-0.05, 0) is 13.0 Å². The van der Waals surface area contributed by atoms with E-state index in [2.05, 4.69) is 0 Å². The van der Waals surface area contributed by atoms with Crippen LogP contribution >= 0.6 is 0 Å². The highest BCUT2D eigenvalue weighted by atomic mass is 16.5. The smallest absolute Gasteiger partial charge is 0.142 e. The van der Waals surface area contributed by atoms with Crippen molar-refractivity contribution in [3.05, 3.63) is 12.2 Å². The van der Waals surface area contributed by atoms with Gasteiger partial charge in [-0.15, -0.1) is 0 Å². The Bertz CT molecular complexity index is 148. The van der Waals surface area contributed by atoms with Crippen LogP contribution in [0.15, 0.2) is 12.2 Å². The Labute approximate surface area is 68.2 Å². The summed E-state index contributed by atoms with van der Waals surface area (Å²) in [4.78, 5) is 10.0. The van der Waals surface area contributed by atoms with E-state index in [1.807, 2.05) is 26.8 Å². The minimum Gasteiger partial charge on any atom is -0.381 e. The molecule has 2 heteroatoms. The van der Waals surface area contributed by atoms with E-state index < -0.39 is 0 Å². The summed E-state index contributed by atoms with van der Waals surface area (Å²) < 4.78 is 5.14. The van der Waals surface area contributed by atoms with Crippen LogP contribution in [0.5, 0.6) is 0 Å². The Morgan fingerprint density at radius 1 is 1.45 bits per heavy atom. The summed E-state index contributed by atoms with van der Waals surface area (Å²) in [5, 5.41) is 0. The number of aldehydes is 1. The Balaban J connectivity index is 4.19. The van der Waals surface area contributed by atoms with Gasteiger partial charge >= 0.3 is 0 Å². The molecule has 0 aliphatic heterocycles. The van der Waals surface area contributed by atoms with Gasteiger partial charge in [0.1, 0.15) is 6.29 Å². The van der Waals surface area contributed by atoms with E-state index in [1.165, 1.54) is 6.08 Å². The largest absolute Gasteiger partial charge is 0.381 e. The van der Waals surface area contributed by atoms with Gasteiger partial charge in [0.25, 0.3) is 0 Å². The van der Waals surface area contributed by atoms with Crippen LogP contribution in [-0.2, 0) is 9.53 Å². The summed E-state index contributed by atoms with van der Waals surface area (Å²) in [5.74, 6) is 0. The first kappa shape index (κ1) is 10.4. The van der Waals surface area contributed by atoms with Gasteiger partial charge in [0.15, 0.2) is 0 Å². The van der Waals surface area contributed by atoms with Crippen molar-refractivity contribution in [1.82, 2.24) is 0 Å². The normalized spacial score (nSPS) is 15.3. The fourth-order valence-corrected chi connectivity index (χ4v) is 0.727. The van der Waals surface area contributed by atoms with Crippen LogP contribution in [0.4, 0.5) is 0 Å². The van der Waals surface area contributed by atoms with Crippen molar-refractivity contribution in [3.63, 3.8) is 0 Å². The van der Waals surface area contributed by atoms with Crippen LogP contribution in [0.25, 0.3) is 0 Å². The molecule has 0 aromatic carbocycles. The number of allylic oxidation sites excluding steroid dienone is 1. The predicted octanol–water partition coefficient (Wildman–Crippen LogP) is 1.80. The van der Waals surface area contributed by atoms with E-state index in [1.54, 1.807) is 7.11 Å². The number of carbonyl (C=O) groups is 1. The van der Waals surface area contributed by atoms with Gasteiger partial charge in [0.05, 0.1) is 6.10 Å². The van der Waals surface area contributed by atoms with Gasteiger partial charge in [-0.2, -0.15) is 0 Å². The minimum atomic E-state index is -0.0737. The second-order valence-electron chi connectivity index (χ2n) is 3.19. The van der Waals surface area contributed by atoms with E-state index in [-0.39, 0.29) is 11.5 Å². The first-order chi connectivity index (χ1) is 5.04. The van der Waals surface area contributed by atoms with E-state index in [9.17, 15) is 4.79 Å². The van der Waals surface area contributed by atoms with Gasteiger partial charge in [-0.25, -0.2) is 0 Å². The standard InChI is InChI=1S/C9H16O2/c1-8(11-4)9(2,3)6-5-7-10/h5-8H,1-4H3. The molecule has 0 aliphatic carbocycles. The summed E-state index contributed by atoms with van der Waals surface area (Å²) in [6.07, 6.45) is 4.27. The SMILES string of the molecule is COC(C)C(C)(C)C=CC=O. The zero-order valence-corrected chi connectivity index (χ0v) is 7.63. The van der Waals surface area contributed by atoms with Crippen molar-refractivity contribution in [3.8, 4) is 0 Å². The van der Waals surface area contributed by atoms with Crippen LogP contribution in [0.1, 0.15) is 20.8 Å². The zero-order chi connectivity index (χ0) is 8.91. The molecule has 1 atom stereocenters. The fourth-order valence-electron chi connectivity index (χ4n) is 0.727. The van der Waals surface area contributed by atoms with Crippen molar-refractivity contribution in [2.45, 2.75) is 26.9 Å². The molecular formula is C9H16O2. The number of hydrogen-bond donors (Lipinski definition) is 0. The Morgan fingerprint density at radius 3 is 2.36 bits per heavy atom. The Morgan fingerprint density at radius 2 is 2.00 bits per heavy atom. The van der Waals surface area contributed by atoms with Gasteiger partial charge in [0.2, 0.25) is 0 Å². The van der Waals surface area contributed by atoms with Crippen LogP contribution in [-0.4, -0.2) is 19.5 Å². The first-order valence-electron chi connectivity index (χ1n) is 3.70. The second-order valence-corrected chi connectivity index (χ2v) is 3.19. The maximum atomic E-state index is 10.0. The van der Waals surface area contributed by atoms with Crippen LogP contribution in [0.3, 0.4) is 0 Å². The molecule has 0 aromatic heterocycles. The van der Waals surface area contributed by atoms with Crippen molar-refractivity contribution in [2.75, 3.05) is 7.11 Å². The summed E-state index contributed by atoms with van der Waals surface area (Å²) in [6, 6.07) is 0. The average molecular weight is 156 g/mol. The molecule has 0 amide bonds. The third kappa shape index (κ3) is 3.33. The molecule has 0 N–H and O–H groups in total. The van der Waals surface area contributed by atoms with E-state index in [0.717, 1.165) is 6.29 Å². The topological polar surface area (TPSA) is 26.3 Å². The number of hydrogen-bond acceptors (Lipinski definition) is 2. The van der Waals surface area contributed by atoms with E-state index >= 15 is 0 Å². The molecule has 0 saturated carbocycles. The van der Waals surface area contributed by atoms with Gasteiger partial charge in [-0.3, -0.25) is 4.79 Å². The predicted molar refractivity (Wildman–Crippen MR) is 45.5 cm³/mol. The highest BCUT2D eigenvalue weighted by Gasteiger charge is 2.21. The Hall–Kier alpha value is -0.630. The second kappa shape index (κ2) is 4.29. The van der Waals surface area contributed by atoms with Crippen LogP contribution in [0.2, 0.25) is 0 Å². The minimum absolute atomic E-state index is 0.0737. The summed E-state index contributed by atoms with van der Waals surface area (Å²) >= 11 is 0. The number of ether oxygens (including phenoxy) is 1. The highest BCUT2D eigenvalue weighted by molar-refractivity contribution is 5.64. The summed E-state index contributed by atoms with van der Waals surface area (Å²) in [5.41, 5.74) is -0.0737. The number of carbonyl (C=O) groups excluding carboxylic acids is 1. The molecule has 2 nitrogen and oxygen atoms in total. The third-order valence-corrected chi connectivity index (χ3v) is 2.01. The zero-order valence-electron chi connectivity index (χ0n) is 7.63. The highest BCUT2D eigenvalue weighted by Crippen LogP contribution is 2.23. The van der Waals surface area contributed by atoms with Crippen molar-refractivity contribution < 1.29 is 9.53 Å². The lowest BCUT2D eigenvalue weighted by molar-refractivity contribution is -0.104. The lowest BCUT2D eigenvalue weighted by Gasteiger charge is -2.26. The maximum Gasteiger partial charge on any atom is 0.142 e. The number of rotatable bonds is 4. The molecule has 0 aliphatic rings. The van der Waals surface area contributed by atoms with Crippen molar-refractivity contribution in [1.29, 1.82) is 0 Å². The third-order valence-electron chi connectivity index (χ3n) is 2.01. The van der Waals surface area contributed by atoms with Crippen LogP contribution < -0.4 is 0 Å². The summed E-state index contributed by atoms with van der Waals surface area (Å²) in [7, 11) is 1.67. The average Bonchev–Trinajstić information content (AvgIpc) is 1.99. The molecule has 11 heavy (non-hydrogen) atoms. The van der Waals surface area contributed by atoms with Crippen LogP contribution in [0, 0.1) is 5.41 Å². The lowest BCUT2D eigenvalue weighted by Crippen LogP contribution is -2.25. The molecule has 0 rings (SSSR count). The molecule has 0 bridgehead atoms. The van der Waals surface area contributed by atoms with Crippen molar-refractivity contribution in [2.24, 2.45) is 5.41 Å². The molecule has 0 spiro atoms. The van der Waals surface area contributed by atoms with Crippen molar-refractivity contribution >= 4 is 6.29 Å². The lowest BCUT2D eigenvalue weighted by atomic mass is 9.87. The molecule has 0 radical (unpaired) electrons. The van der Waals surface area contributed by atoms with E-state index in [0.29, 0.717) is 0 Å². The van der Waals surface area contributed by atoms with Gasteiger partial charge in [0, 0.05) is 12.5 Å². The van der Waals surface area contributed by atoms with E-state index in [4.69, 9.17) is 4.74 Å². The molecule has 0 saturated heterocycles. The van der Waals surface area contributed by atoms with Gasteiger partial charge < -0.3 is 4.74 Å². The fraction of sp³-hybridized carbons (Fsp3) is 0.667. The quantitative estimate of drug-likeness (QED) is 0.458. The van der Waals surface area contributed by atoms with Gasteiger partial charge in [-0.1, -0.05) is 19.9 Å².